The second-order valence-electron chi connectivity index (χ2n) is 8.24. The minimum absolute atomic E-state index is 0.374. The number of nitrogens with one attached hydrogen (secondary N) is 1. The number of rotatable bonds is 6. The number of nitrogens with zero attached hydrogens (tertiary/aromatic N) is 3. The highest BCUT2D eigenvalue weighted by Gasteiger charge is 2.31. The van der Waals surface area contributed by atoms with Crippen LogP contribution in [0.2, 0.25) is 0 Å². The highest BCUT2D eigenvalue weighted by Crippen LogP contribution is 2.38. The first-order chi connectivity index (χ1) is 16.2. The van der Waals surface area contributed by atoms with E-state index in [1.807, 2.05) is 12.1 Å². The fraction of sp³-hybridized carbons (Fsp3) is 0.333. The van der Waals surface area contributed by atoms with Crippen LogP contribution in [0.1, 0.15) is 48.9 Å². The molecule has 0 aliphatic heterocycles. The Balaban J connectivity index is 1.69. The molecule has 10 heteroatoms. The maximum Gasteiger partial charge on any atom is 0.416 e. The summed E-state index contributed by atoms with van der Waals surface area (Å²) in [6, 6.07) is 8.21. The lowest BCUT2D eigenvalue weighted by molar-refractivity contribution is -0.142. The van der Waals surface area contributed by atoms with Crippen molar-refractivity contribution in [2.75, 3.05) is 12.4 Å². The molecular formula is C24H23F3N4O3. The van der Waals surface area contributed by atoms with E-state index in [0.717, 1.165) is 23.3 Å². The first kappa shape index (κ1) is 23.5. The molecule has 1 heterocycles. The molecule has 0 saturated carbocycles. The molecule has 2 atom stereocenters. The van der Waals surface area contributed by atoms with Crippen LogP contribution in [-0.2, 0) is 11.0 Å². The summed E-state index contributed by atoms with van der Waals surface area (Å²) >= 11 is 0. The molecule has 0 spiro atoms. The van der Waals surface area contributed by atoms with Gasteiger partial charge in [0.2, 0.25) is 0 Å². The maximum absolute atomic E-state index is 13.1. The summed E-state index contributed by atoms with van der Waals surface area (Å²) < 4.78 is 44.9. The second-order valence-corrected chi connectivity index (χ2v) is 8.24. The third-order valence-electron chi connectivity index (χ3n) is 6.04. The van der Waals surface area contributed by atoms with Crippen LogP contribution in [0, 0.1) is 5.92 Å². The van der Waals surface area contributed by atoms with Gasteiger partial charge >= 0.3 is 12.1 Å². The molecule has 2 aromatic carbocycles. The highest BCUT2D eigenvalue weighted by molar-refractivity contribution is 5.93. The molecule has 1 aliphatic rings. The number of carboxylic acid groups (broad SMARTS) is 1. The van der Waals surface area contributed by atoms with Crippen LogP contribution in [0.3, 0.4) is 0 Å². The van der Waals surface area contributed by atoms with Gasteiger partial charge in [-0.2, -0.15) is 13.2 Å². The van der Waals surface area contributed by atoms with E-state index in [1.165, 1.54) is 13.2 Å². The van der Waals surface area contributed by atoms with Gasteiger partial charge in [-0.25, -0.2) is 0 Å². The predicted octanol–water partition coefficient (Wildman–Crippen LogP) is 5.49. The zero-order chi connectivity index (χ0) is 24.5. The number of aliphatic carboxylic acids is 1. The van der Waals surface area contributed by atoms with Crippen LogP contribution in [0.15, 0.2) is 42.5 Å². The minimum atomic E-state index is -4.43. The SMILES string of the molecule is COc1cc2nnnc(N[C@H](C)c3cccc(C(F)(F)F)c3)c2cc1C1=CCC(C(=O)O)CC1. The topological polar surface area (TPSA) is 97.2 Å². The molecule has 1 unspecified atom stereocenters. The first-order valence-corrected chi connectivity index (χ1v) is 10.7. The van der Waals surface area contributed by atoms with Crippen molar-refractivity contribution in [1.82, 2.24) is 15.4 Å². The number of halogens is 3. The summed E-state index contributed by atoms with van der Waals surface area (Å²) in [7, 11) is 1.54. The summed E-state index contributed by atoms with van der Waals surface area (Å²) in [4.78, 5) is 11.3. The van der Waals surface area contributed by atoms with Crippen LogP contribution in [0.4, 0.5) is 19.0 Å². The maximum atomic E-state index is 13.1. The Kier molecular flexibility index (Phi) is 6.41. The molecule has 3 aromatic rings. The van der Waals surface area contributed by atoms with E-state index in [9.17, 15) is 23.1 Å². The van der Waals surface area contributed by atoms with Gasteiger partial charge in [-0.05, 0) is 60.7 Å². The molecule has 0 bridgehead atoms. The average molecular weight is 472 g/mol. The molecule has 2 N–H and O–H groups in total. The lowest BCUT2D eigenvalue weighted by atomic mass is 9.86. The van der Waals surface area contributed by atoms with E-state index in [0.29, 0.717) is 47.3 Å². The third kappa shape index (κ3) is 4.80. The minimum Gasteiger partial charge on any atom is -0.496 e. The quantitative estimate of drug-likeness (QED) is 0.489. The standard InChI is InChI=1S/C24H23F3N4O3/c1-13(16-4-3-5-17(10-16)24(25,26)27)28-22-19-11-18(14-6-8-15(9-7-14)23(32)33)21(34-2)12-20(19)29-31-30-22/h3-6,10-13,15H,7-9H2,1-2H3,(H,32,33)(H,28,29,30)/t13-,15?/m1/s1. The number of carboxylic acids is 1. The monoisotopic (exact) mass is 472 g/mol. The van der Waals surface area contributed by atoms with Crippen LogP contribution < -0.4 is 10.1 Å². The lowest BCUT2D eigenvalue weighted by Gasteiger charge is -2.21. The van der Waals surface area contributed by atoms with Gasteiger partial charge < -0.3 is 15.2 Å². The van der Waals surface area contributed by atoms with Gasteiger partial charge in [-0.3, -0.25) is 4.79 Å². The second kappa shape index (κ2) is 9.28. The van der Waals surface area contributed by atoms with Crippen molar-refractivity contribution in [3.8, 4) is 5.75 Å². The van der Waals surface area contributed by atoms with Gasteiger partial charge in [-0.1, -0.05) is 18.2 Å². The van der Waals surface area contributed by atoms with Crippen molar-refractivity contribution in [3.05, 3.63) is 59.2 Å². The number of hydrogen-bond acceptors (Lipinski definition) is 6. The summed E-state index contributed by atoms with van der Waals surface area (Å²) in [5.41, 5.74) is 1.99. The molecule has 7 nitrogen and oxygen atoms in total. The fourth-order valence-corrected chi connectivity index (χ4v) is 4.11. The molecule has 0 amide bonds. The van der Waals surface area contributed by atoms with Crippen molar-refractivity contribution >= 4 is 28.3 Å². The number of carbonyl (C=O) groups is 1. The van der Waals surface area contributed by atoms with Crippen molar-refractivity contribution in [2.24, 2.45) is 5.92 Å². The number of allylic oxidation sites excluding steroid dienone is 2. The third-order valence-corrected chi connectivity index (χ3v) is 6.04. The van der Waals surface area contributed by atoms with Crippen LogP contribution in [-0.4, -0.2) is 33.6 Å². The largest absolute Gasteiger partial charge is 0.496 e. The smallest absolute Gasteiger partial charge is 0.416 e. The zero-order valence-corrected chi connectivity index (χ0v) is 18.6. The zero-order valence-electron chi connectivity index (χ0n) is 18.6. The number of fused-ring (bicyclic) bond motifs is 1. The van der Waals surface area contributed by atoms with E-state index < -0.39 is 29.7 Å². The fourth-order valence-electron chi connectivity index (χ4n) is 4.11. The Morgan fingerprint density at radius 3 is 2.68 bits per heavy atom. The first-order valence-electron chi connectivity index (χ1n) is 10.7. The van der Waals surface area contributed by atoms with Gasteiger partial charge in [-0.15, -0.1) is 10.2 Å². The lowest BCUT2D eigenvalue weighted by Crippen LogP contribution is -2.16. The van der Waals surface area contributed by atoms with Crippen LogP contribution >= 0.6 is 0 Å². The summed E-state index contributed by atoms with van der Waals surface area (Å²) in [6.07, 6.45) is -0.998. The van der Waals surface area contributed by atoms with Gasteiger partial charge in [0.05, 0.1) is 24.6 Å². The van der Waals surface area contributed by atoms with E-state index in [4.69, 9.17) is 4.74 Å². The Labute approximate surface area is 193 Å². The molecule has 4 rings (SSSR count). The number of ether oxygens (including phenoxy) is 1. The van der Waals surface area contributed by atoms with Crippen molar-refractivity contribution in [2.45, 2.75) is 38.4 Å². The molecule has 0 radical (unpaired) electrons. The molecule has 1 aliphatic carbocycles. The average Bonchev–Trinajstić information content (AvgIpc) is 2.83. The molecular weight excluding hydrogens is 449 g/mol. The summed E-state index contributed by atoms with van der Waals surface area (Å²) in [5.74, 6) is -0.271. The number of benzene rings is 2. The summed E-state index contributed by atoms with van der Waals surface area (Å²) in [6.45, 7) is 1.74. The van der Waals surface area contributed by atoms with Gasteiger partial charge in [0.15, 0.2) is 5.82 Å². The Morgan fingerprint density at radius 1 is 1.24 bits per heavy atom. The van der Waals surface area contributed by atoms with Gasteiger partial charge in [0.25, 0.3) is 0 Å². The Morgan fingerprint density at radius 2 is 2.03 bits per heavy atom. The number of methoxy groups -OCH3 is 1. The van der Waals surface area contributed by atoms with E-state index in [-0.39, 0.29) is 0 Å². The molecule has 178 valence electrons. The number of aromatic nitrogens is 3. The van der Waals surface area contributed by atoms with Crippen molar-refractivity contribution in [3.63, 3.8) is 0 Å². The number of hydrogen-bond donors (Lipinski definition) is 2. The predicted molar refractivity (Wildman–Crippen MR) is 120 cm³/mol. The van der Waals surface area contributed by atoms with Gasteiger partial charge in [0, 0.05) is 17.0 Å². The summed E-state index contributed by atoms with van der Waals surface area (Å²) in [5, 5.41) is 25.0. The van der Waals surface area contributed by atoms with Gasteiger partial charge in [0.1, 0.15) is 11.3 Å². The van der Waals surface area contributed by atoms with E-state index in [1.54, 1.807) is 19.1 Å². The Hall–Kier alpha value is -3.69. The van der Waals surface area contributed by atoms with Crippen LogP contribution in [0.5, 0.6) is 5.75 Å². The van der Waals surface area contributed by atoms with E-state index >= 15 is 0 Å². The molecule has 1 aromatic heterocycles. The van der Waals surface area contributed by atoms with Crippen molar-refractivity contribution < 1.29 is 27.8 Å². The molecule has 0 fully saturated rings. The molecule has 0 saturated heterocycles. The normalized spacial score (nSPS) is 17.2. The van der Waals surface area contributed by atoms with E-state index in [2.05, 4.69) is 20.7 Å². The highest BCUT2D eigenvalue weighted by atomic mass is 19.4. The number of anilines is 1. The number of alkyl halides is 3. The van der Waals surface area contributed by atoms with Crippen LogP contribution in [0.25, 0.3) is 16.5 Å². The molecule has 34 heavy (non-hydrogen) atoms. The van der Waals surface area contributed by atoms with Crippen molar-refractivity contribution in [1.29, 1.82) is 0 Å². The Bertz CT molecular complexity index is 1260.